The number of phenolic OH excluding ortho intramolecular Hbond substituents is 4. The number of hydrogen-bond donors (Lipinski definition) is 8. The predicted octanol–water partition coefficient (Wildman–Crippen LogP) is -0.180. The number of carbonyl (C=O) groups is 3. The summed E-state index contributed by atoms with van der Waals surface area (Å²) in [5, 5.41) is 79.9. The molecule has 5 atom stereocenters. The zero-order valence-electron chi connectivity index (χ0n) is 21.4. The Bertz CT molecular complexity index is 1570. The fraction of sp³-hybridized carbons (Fsp3) is 0.250. The van der Waals surface area contributed by atoms with E-state index in [1.54, 1.807) is 0 Å². The lowest BCUT2D eigenvalue weighted by Crippen LogP contribution is -2.60. The zero-order valence-corrected chi connectivity index (χ0v) is 21.4. The van der Waals surface area contributed by atoms with Crippen LogP contribution in [0, 0.1) is 0 Å². The number of ether oxygens (including phenoxy) is 3. The van der Waals surface area contributed by atoms with E-state index in [4.69, 9.17) is 14.2 Å². The summed E-state index contributed by atoms with van der Waals surface area (Å²) in [6, 6.07) is 8.05. The van der Waals surface area contributed by atoms with Crippen LogP contribution in [-0.4, -0.2) is 95.7 Å². The lowest BCUT2D eigenvalue weighted by molar-refractivity contribution is -0.277. The Morgan fingerprint density at radius 1 is 0.810 bits per heavy atom. The molecule has 3 aromatic rings. The summed E-state index contributed by atoms with van der Waals surface area (Å²) in [5.41, 5.74) is -0.976. The molecule has 0 amide bonds. The molecule has 0 radical (unpaired) electrons. The molecule has 1 aliphatic heterocycles. The van der Waals surface area contributed by atoms with Gasteiger partial charge in [-0.25, -0.2) is 4.79 Å². The van der Waals surface area contributed by atoms with E-state index >= 15 is 0 Å². The minimum absolute atomic E-state index is 0.101. The van der Waals surface area contributed by atoms with E-state index in [1.807, 2.05) is 0 Å². The molecule has 0 saturated carbocycles. The number of aliphatic hydroxyl groups excluding tert-OH is 4. The normalized spacial score (nSPS) is 23.2. The minimum Gasteiger partial charge on any atom is -0.507 e. The molecule has 0 bridgehead atoms. The summed E-state index contributed by atoms with van der Waals surface area (Å²) in [6.45, 7) is -1.20. The van der Waals surface area contributed by atoms with Gasteiger partial charge in [0.2, 0.25) is 12.1 Å². The van der Waals surface area contributed by atoms with E-state index < -0.39 is 84.5 Å². The van der Waals surface area contributed by atoms with E-state index in [0.717, 1.165) is 18.2 Å². The molecule has 0 spiro atoms. The zero-order chi connectivity index (χ0) is 30.5. The molecule has 3 aromatic carbocycles. The van der Waals surface area contributed by atoms with Gasteiger partial charge < -0.3 is 55.1 Å². The van der Waals surface area contributed by atoms with Crippen molar-refractivity contribution in [3.63, 3.8) is 0 Å². The number of rotatable bonds is 6. The number of hydrogen-bond acceptors (Lipinski definition) is 14. The van der Waals surface area contributed by atoms with Crippen LogP contribution in [-0.2, 0) is 16.1 Å². The van der Waals surface area contributed by atoms with Gasteiger partial charge in [-0.1, -0.05) is 12.1 Å². The number of esters is 1. The summed E-state index contributed by atoms with van der Waals surface area (Å²) in [5.74, 6) is -5.81. The van der Waals surface area contributed by atoms with Crippen LogP contribution in [0.3, 0.4) is 0 Å². The third-order valence-electron chi connectivity index (χ3n) is 6.93. The number of phenols is 4. The van der Waals surface area contributed by atoms with Crippen LogP contribution in [0.1, 0.15) is 47.8 Å². The van der Waals surface area contributed by atoms with Crippen LogP contribution in [0.25, 0.3) is 0 Å². The van der Waals surface area contributed by atoms with Gasteiger partial charge in [0.25, 0.3) is 0 Å². The maximum atomic E-state index is 13.4. The van der Waals surface area contributed by atoms with Crippen molar-refractivity contribution in [3.05, 3.63) is 75.8 Å². The first-order valence-corrected chi connectivity index (χ1v) is 12.4. The fourth-order valence-electron chi connectivity index (χ4n) is 4.76. The molecule has 1 heterocycles. The van der Waals surface area contributed by atoms with Crippen molar-refractivity contribution in [1.82, 2.24) is 0 Å². The Morgan fingerprint density at radius 2 is 1.50 bits per heavy atom. The average molecular weight is 584 g/mol. The Balaban J connectivity index is 1.38. The summed E-state index contributed by atoms with van der Waals surface area (Å²) in [4.78, 5) is 39.0. The van der Waals surface area contributed by atoms with Crippen LogP contribution >= 0.6 is 0 Å². The Labute approximate surface area is 235 Å². The van der Waals surface area contributed by atoms with Gasteiger partial charge in [-0.2, -0.15) is 0 Å². The third kappa shape index (κ3) is 4.87. The van der Waals surface area contributed by atoms with Gasteiger partial charge in [-0.15, -0.1) is 0 Å². The summed E-state index contributed by atoms with van der Waals surface area (Å²) < 4.78 is 16.3. The van der Waals surface area contributed by atoms with Crippen molar-refractivity contribution in [2.24, 2.45) is 0 Å². The molecule has 0 unspecified atom stereocenters. The van der Waals surface area contributed by atoms with Crippen LogP contribution in [0.5, 0.6) is 28.7 Å². The summed E-state index contributed by atoms with van der Waals surface area (Å²) in [6.07, 6.45) is -8.79. The van der Waals surface area contributed by atoms with Gasteiger partial charge in [0.1, 0.15) is 42.5 Å². The van der Waals surface area contributed by atoms with Crippen molar-refractivity contribution >= 4 is 17.5 Å². The largest absolute Gasteiger partial charge is 0.507 e. The molecule has 14 nitrogen and oxygen atoms in total. The standard InChI is InChI=1S/C28H24O14/c29-8-10-4-13-19(14(30)5-10)24(36)20-12(21(13)33)2-1-3-17(20)41-28-26(38)25(37)23(35)18(42-28)9-40-27(39)11-6-15(31)22(34)16(32)7-11/h1-7,18,23,25-26,28-32,34-35,37-38H,8-9H2/t18-,23-,25+,26-,28-/m1/s1. The average Bonchev–Trinajstić information content (AvgIpc) is 2.97. The molecule has 5 rings (SSSR count). The van der Waals surface area contributed by atoms with E-state index in [2.05, 4.69) is 0 Å². The van der Waals surface area contributed by atoms with Gasteiger partial charge in [-0.05, 0) is 35.9 Å². The predicted molar refractivity (Wildman–Crippen MR) is 136 cm³/mol. The second-order valence-electron chi connectivity index (χ2n) is 9.63. The first-order chi connectivity index (χ1) is 19.9. The number of fused-ring (bicyclic) bond motifs is 2. The molecular weight excluding hydrogens is 560 g/mol. The molecule has 1 saturated heterocycles. The quantitative estimate of drug-likeness (QED) is 0.108. The SMILES string of the molecule is O=C(OC[C@H]1O[C@@H](Oc2cccc3c2C(=O)c2c(O)cc(CO)cc2C3=O)[C@H](O)[C@@H](O)[C@@H]1O)c1cc(O)c(O)c(O)c1. The van der Waals surface area contributed by atoms with Crippen molar-refractivity contribution < 1.29 is 69.4 Å². The molecule has 1 fully saturated rings. The van der Waals surface area contributed by atoms with Crippen LogP contribution < -0.4 is 4.74 Å². The topological polar surface area (TPSA) is 241 Å². The number of aliphatic hydroxyl groups is 4. The molecule has 42 heavy (non-hydrogen) atoms. The van der Waals surface area contributed by atoms with Crippen LogP contribution in [0.2, 0.25) is 0 Å². The van der Waals surface area contributed by atoms with Gasteiger partial charge in [0.05, 0.1) is 23.3 Å². The third-order valence-corrected chi connectivity index (χ3v) is 6.93. The Hall–Kier alpha value is -4.73. The maximum Gasteiger partial charge on any atom is 0.338 e. The fourth-order valence-corrected chi connectivity index (χ4v) is 4.76. The molecular formula is C28H24O14. The van der Waals surface area contributed by atoms with Gasteiger partial charge >= 0.3 is 5.97 Å². The van der Waals surface area contributed by atoms with Crippen molar-refractivity contribution in [2.45, 2.75) is 37.3 Å². The smallest absolute Gasteiger partial charge is 0.338 e. The van der Waals surface area contributed by atoms with Gasteiger partial charge in [0, 0.05) is 11.1 Å². The number of aromatic hydroxyl groups is 4. The van der Waals surface area contributed by atoms with Crippen molar-refractivity contribution in [2.75, 3.05) is 6.61 Å². The lowest BCUT2D eigenvalue weighted by atomic mass is 9.82. The molecule has 0 aromatic heterocycles. The van der Waals surface area contributed by atoms with E-state index in [9.17, 15) is 55.2 Å². The number of ketones is 2. The maximum absolute atomic E-state index is 13.4. The van der Waals surface area contributed by atoms with E-state index in [-0.39, 0.29) is 39.1 Å². The first kappa shape index (κ1) is 28.8. The van der Waals surface area contributed by atoms with E-state index in [1.165, 1.54) is 24.3 Å². The summed E-state index contributed by atoms with van der Waals surface area (Å²) in [7, 11) is 0. The lowest BCUT2D eigenvalue weighted by Gasteiger charge is -2.40. The van der Waals surface area contributed by atoms with Crippen LogP contribution in [0.4, 0.5) is 0 Å². The monoisotopic (exact) mass is 584 g/mol. The highest BCUT2D eigenvalue weighted by atomic mass is 16.7. The summed E-state index contributed by atoms with van der Waals surface area (Å²) >= 11 is 0. The van der Waals surface area contributed by atoms with Crippen molar-refractivity contribution in [1.29, 1.82) is 0 Å². The van der Waals surface area contributed by atoms with E-state index in [0.29, 0.717) is 0 Å². The molecule has 220 valence electrons. The molecule has 8 N–H and O–H groups in total. The second-order valence-corrected chi connectivity index (χ2v) is 9.63. The van der Waals surface area contributed by atoms with Crippen molar-refractivity contribution in [3.8, 4) is 28.7 Å². The van der Waals surface area contributed by atoms with Gasteiger partial charge in [-0.3, -0.25) is 9.59 Å². The highest BCUT2D eigenvalue weighted by Crippen LogP contribution is 2.39. The molecule has 2 aliphatic rings. The number of benzene rings is 3. The highest BCUT2D eigenvalue weighted by molar-refractivity contribution is 6.30. The van der Waals surface area contributed by atoms with Crippen LogP contribution in [0.15, 0.2) is 42.5 Å². The second kappa shape index (κ2) is 10.9. The van der Waals surface area contributed by atoms with Gasteiger partial charge in [0.15, 0.2) is 23.0 Å². The first-order valence-electron chi connectivity index (χ1n) is 12.4. The molecule has 14 heteroatoms. The Kier molecular flexibility index (Phi) is 7.49. The Morgan fingerprint density at radius 3 is 2.17 bits per heavy atom. The number of carbonyl (C=O) groups excluding carboxylic acids is 3. The highest BCUT2D eigenvalue weighted by Gasteiger charge is 2.46. The molecule has 1 aliphatic carbocycles. The minimum atomic E-state index is -1.88.